The van der Waals surface area contributed by atoms with Crippen molar-refractivity contribution < 1.29 is 5.11 Å². The van der Waals surface area contributed by atoms with Crippen LogP contribution >= 0.6 is 0 Å². The highest BCUT2D eigenvalue weighted by Crippen LogP contribution is 2.27. The maximum absolute atomic E-state index is 9.31. The SMILES string of the molecule is C=C(C)c1cccc2cccc(CO)c12. The standard InChI is InChI=1S/C14H14O/c1-10(2)13-8-4-6-11-5-3-7-12(9-15)14(11)13/h3-8,15H,1,9H2,2H3. The number of aliphatic hydroxyl groups is 1. The molecule has 2 aromatic carbocycles. The van der Waals surface area contributed by atoms with Crippen LogP contribution in [-0.4, -0.2) is 5.11 Å². The van der Waals surface area contributed by atoms with Gasteiger partial charge in [0.2, 0.25) is 0 Å². The molecular weight excluding hydrogens is 184 g/mol. The number of rotatable bonds is 2. The summed E-state index contributed by atoms with van der Waals surface area (Å²) in [5.74, 6) is 0. The van der Waals surface area contributed by atoms with Crippen molar-refractivity contribution in [2.75, 3.05) is 0 Å². The molecular formula is C14H14O. The molecule has 0 aliphatic carbocycles. The fourth-order valence-electron chi connectivity index (χ4n) is 1.91. The lowest BCUT2D eigenvalue weighted by atomic mass is 9.96. The first-order chi connectivity index (χ1) is 7.24. The summed E-state index contributed by atoms with van der Waals surface area (Å²) in [6.07, 6.45) is 0. The summed E-state index contributed by atoms with van der Waals surface area (Å²) >= 11 is 0. The second-order valence-electron chi connectivity index (χ2n) is 3.76. The van der Waals surface area contributed by atoms with Crippen LogP contribution in [0.4, 0.5) is 0 Å². The number of benzene rings is 2. The Bertz CT molecular complexity index is 506. The van der Waals surface area contributed by atoms with Crippen LogP contribution in [0.5, 0.6) is 0 Å². The van der Waals surface area contributed by atoms with Crippen LogP contribution in [0.25, 0.3) is 16.3 Å². The highest BCUT2D eigenvalue weighted by molar-refractivity contribution is 5.95. The second-order valence-corrected chi connectivity index (χ2v) is 3.76. The summed E-state index contributed by atoms with van der Waals surface area (Å²) in [6, 6.07) is 12.1. The molecule has 76 valence electrons. The van der Waals surface area contributed by atoms with Crippen LogP contribution in [0, 0.1) is 0 Å². The third-order valence-electron chi connectivity index (χ3n) is 2.62. The molecule has 0 aliphatic heterocycles. The number of allylic oxidation sites excluding steroid dienone is 1. The van der Waals surface area contributed by atoms with E-state index in [0.29, 0.717) is 0 Å². The first kappa shape index (κ1) is 9.94. The predicted molar refractivity (Wildman–Crippen MR) is 64.6 cm³/mol. The first-order valence-electron chi connectivity index (χ1n) is 5.01. The van der Waals surface area contributed by atoms with Crippen molar-refractivity contribution in [1.82, 2.24) is 0 Å². The normalized spacial score (nSPS) is 10.5. The molecule has 0 radical (unpaired) electrons. The molecule has 1 nitrogen and oxygen atoms in total. The predicted octanol–water partition coefficient (Wildman–Crippen LogP) is 3.37. The van der Waals surface area contributed by atoms with E-state index in [2.05, 4.69) is 18.7 Å². The molecule has 1 heteroatoms. The van der Waals surface area contributed by atoms with Gasteiger partial charge in [-0.05, 0) is 28.8 Å². The molecule has 2 rings (SSSR count). The fourth-order valence-corrected chi connectivity index (χ4v) is 1.91. The molecule has 2 aromatic rings. The van der Waals surface area contributed by atoms with Crippen molar-refractivity contribution >= 4 is 16.3 Å². The minimum Gasteiger partial charge on any atom is -0.392 e. The Hall–Kier alpha value is -1.60. The van der Waals surface area contributed by atoms with Gasteiger partial charge in [-0.15, -0.1) is 0 Å². The van der Waals surface area contributed by atoms with Crippen LogP contribution < -0.4 is 0 Å². The Morgan fingerprint density at radius 1 is 1.20 bits per heavy atom. The van der Waals surface area contributed by atoms with Crippen LogP contribution in [0.2, 0.25) is 0 Å². The number of aliphatic hydroxyl groups excluding tert-OH is 1. The lowest BCUT2D eigenvalue weighted by Crippen LogP contribution is -1.90. The number of hydrogen-bond acceptors (Lipinski definition) is 1. The molecule has 0 atom stereocenters. The van der Waals surface area contributed by atoms with E-state index in [1.807, 2.05) is 31.2 Å². The van der Waals surface area contributed by atoms with E-state index >= 15 is 0 Å². The van der Waals surface area contributed by atoms with Gasteiger partial charge in [0, 0.05) is 0 Å². The zero-order valence-electron chi connectivity index (χ0n) is 8.83. The van der Waals surface area contributed by atoms with Crippen molar-refractivity contribution in [2.24, 2.45) is 0 Å². The van der Waals surface area contributed by atoms with Gasteiger partial charge in [0.05, 0.1) is 6.61 Å². The first-order valence-corrected chi connectivity index (χ1v) is 5.01. The number of fused-ring (bicyclic) bond motifs is 1. The summed E-state index contributed by atoms with van der Waals surface area (Å²) in [4.78, 5) is 0. The lowest BCUT2D eigenvalue weighted by Gasteiger charge is -2.09. The monoisotopic (exact) mass is 198 g/mol. The molecule has 0 saturated carbocycles. The molecule has 0 saturated heterocycles. The van der Waals surface area contributed by atoms with E-state index in [-0.39, 0.29) is 6.61 Å². The quantitative estimate of drug-likeness (QED) is 0.784. The summed E-state index contributed by atoms with van der Waals surface area (Å²) in [5.41, 5.74) is 3.12. The summed E-state index contributed by atoms with van der Waals surface area (Å²) in [6.45, 7) is 6.03. The van der Waals surface area contributed by atoms with E-state index in [9.17, 15) is 5.11 Å². The zero-order valence-corrected chi connectivity index (χ0v) is 8.83. The van der Waals surface area contributed by atoms with Gasteiger partial charge in [-0.2, -0.15) is 0 Å². The van der Waals surface area contributed by atoms with Crippen LogP contribution in [0.1, 0.15) is 18.1 Å². The Morgan fingerprint density at radius 3 is 2.47 bits per heavy atom. The van der Waals surface area contributed by atoms with Gasteiger partial charge in [0.15, 0.2) is 0 Å². The largest absolute Gasteiger partial charge is 0.392 e. The average Bonchev–Trinajstić information content (AvgIpc) is 2.27. The Kier molecular flexibility index (Phi) is 2.57. The Labute approximate surface area is 89.7 Å². The third kappa shape index (κ3) is 1.66. The van der Waals surface area contributed by atoms with Crippen LogP contribution in [0.3, 0.4) is 0 Å². The highest BCUT2D eigenvalue weighted by Gasteiger charge is 2.05. The zero-order chi connectivity index (χ0) is 10.8. The number of hydrogen-bond donors (Lipinski definition) is 1. The van der Waals surface area contributed by atoms with Gasteiger partial charge < -0.3 is 5.11 Å². The van der Waals surface area contributed by atoms with Gasteiger partial charge in [-0.25, -0.2) is 0 Å². The van der Waals surface area contributed by atoms with Gasteiger partial charge in [-0.1, -0.05) is 48.6 Å². The van der Waals surface area contributed by atoms with Crippen molar-refractivity contribution in [3.8, 4) is 0 Å². The van der Waals surface area contributed by atoms with Crippen molar-refractivity contribution in [3.63, 3.8) is 0 Å². The molecule has 0 amide bonds. The minimum absolute atomic E-state index is 0.0711. The van der Waals surface area contributed by atoms with Crippen molar-refractivity contribution in [3.05, 3.63) is 54.1 Å². The van der Waals surface area contributed by atoms with Crippen molar-refractivity contribution in [1.29, 1.82) is 0 Å². The Balaban J connectivity index is 2.87. The smallest absolute Gasteiger partial charge is 0.0688 e. The van der Waals surface area contributed by atoms with Crippen molar-refractivity contribution in [2.45, 2.75) is 13.5 Å². The van der Waals surface area contributed by atoms with E-state index < -0.39 is 0 Å². The second kappa shape index (κ2) is 3.87. The van der Waals surface area contributed by atoms with E-state index in [0.717, 1.165) is 27.5 Å². The van der Waals surface area contributed by atoms with E-state index in [1.165, 1.54) is 0 Å². The molecule has 0 heterocycles. The molecule has 0 bridgehead atoms. The minimum atomic E-state index is 0.0711. The van der Waals surface area contributed by atoms with Crippen LogP contribution in [-0.2, 0) is 6.61 Å². The van der Waals surface area contributed by atoms with Gasteiger partial charge in [0.25, 0.3) is 0 Å². The molecule has 0 aliphatic rings. The molecule has 0 aromatic heterocycles. The van der Waals surface area contributed by atoms with Crippen LogP contribution in [0.15, 0.2) is 43.0 Å². The van der Waals surface area contributed by atoms with Gasteiger partial charge >= 0.3 is 0 Å². The average molecular weight is 198 g/mol. The summed E-state index contributed by atoms with van der Waals surface area (Å²) in [5, 5.41) is 11.6. The Morgan fingerprint density at radius 2 is 1.87 bits per heavy atom. The molecule has 1 N–H and O–H groups in total. The highest BCUT2D eigenvalue weighted by atomic mass is 16.3. The maximum Gasteiger partial charge on any atom is 0.0688 e. The van der Waals surface area contributed by atoms with E-state index in [4.69, 9.17) is 0 Å². The fraction of sp³-hybridized carbons (Fsp3) is 0.143. The van der Waals surface area contributed by atoms with Gasteiger partial charge in [-0.3, -0.25) is 0 Å². The molecule has 0 fully saturated rings. The summed E-state index contributed by atoms with van der Waals surface area (Å²) in [7, 11) is 0. The molecule has 15 heavy (non-hydrogen) atoms. The van der Waals surface area contributed by atoms with E-state index in [1.54, 1.807) is 0 Å². The third-order valence-corrected chi connectivity index (χ3v) is 2.62. The molecule has 0 unspecified atom stereocenters. The topological polar surface area (TPSA) is 20.2 Å². The molecule has 0 spiro atoms. The maximum atomic E-state index is 9.31. The lowest BCUT2D eigenvalue weighted by molar-refractivity contribution is 0.283. The summed E-state index contributed by atoms with van der Waals surface area (Å²) < 4.78 is 0. The van der Waals surface area contributed by atoms with Gasteiger partial charge in [0.1, 0.15) is 0 Å².